The predicted octanol–water partition coefficient (Wildman–Crippen LogP) is 5.84. The Morgan fingerprint density at radius 3 is 2.47 bits per heavy atom. The second-order valence-electron chi connectivity index (χ2n) is 9.84. The highest BCUT2D eigenvalue weighted by Crippen LogP contribution is 2.37. The third kappa shape index (κ3) is 5.86. The Morgan fingerprint density at radius 1 is 1.16 bits per heavy atom. The van der Waals surface area contributed by atoms with Crippen molar-refractivity contribution in [1.82, 2.24) is 14.5 Å². The van der Waals surface area contributed by atoms with Crippen LogP contribution >= 0.6 is 23.2 Å². The highest BCUT2D eigenvalue weighted by Gasteiger charge is 2.36. The number of esters is 1. The van der Waals surface area contributed by atoms with Crippen LogP contribution in [0.5, 0.6) is 0 Å². The van der Waals surface area contributed by atoms with Crippen LogP contribution in [0.4, 0.5) is 13.2 Å². The van der Waals surface area contributed by atoms with E-state index in [1.54, 1.807) is 13.8 Å². The molecule has 1 aliphatic carbocycles. The zero-order valence-electron chi connectivity index (χ0n) is 21.0. The minimum Gasteiger partial charge on any atom is -0.466 e. The number of fused-ring (bicyclic) bond motifs is 1. The summed E-state index contributed by atoms with van der Waals surface area (Å²) >= 11 is 12.2. The first-order valence-corrected chi connectivity index (χ1v) is 13.3. The molecule has 2 heterocycles. The van der Waals surface area contributed by atoms with Gasteiger partial charge in [-0.25, -0.2) is 4.98 Å². The zero-order chi connectivity index (χ0) is 27.8. The van der Waals surface area contributed by atoms with Gasteiger partial charge in [0.05, 0.1) is 29.4 Å². The van der Waals surface area contributed by atoms with E-state index in [-0.39, 0.29) is 47.3 Å². The molecule has 38 heavy (non-hydrogen) atoms. The van der Waals surface area contributed by atoms with Crippen molar-refractivity contribution in [3.63, 3.8) is 0 Å². The van der Waals surface area contributed by atoms with Gasteiger partial charge in [0.1, 0.15) is 0 Å². The molecular weight excluding hydrogens is 546 g/mol. The van der Waals surface area contributed by atoms with E-state index < -0.39 is 28.7 Å². The Labute approximate surface area is 227 Å². The molecule has 206 valence electrons. The van der Waals surface area contributed by atoms with Gasteiger partial charge in [0, 0.05) is 29.6 Å². The van der Waals surface area contributed by atoms with E-state index in [0.29, 0.717) is 37.1 Å². The quantitative estimate of drug-likeness (QED) is 0.331. The summed E-state index contributed by atoms with van der Waals surface area (Å²) in [5.41, 5.74) is -0.721. The Morgan fingerprint density at radius 2 is 1.84 bits per heavy atom. The smallest absolute Gasteiger partial charge is 0.417 e. The zero-order valence-corrected chi connectivity index (χ0v) is 22.5. The normalized spacial score (nSPS) is 21.7. The standard InChI is InChI=1S/C26H28Cl2F3N3O4/c1-3-38-22(35)11-15-4-7-17(8-5-15)34-24(37)18-10-14(2)33(13-21(18)32-25(34)28)23(36)16-6-9-20(27)19(12-16)26(29,30)31/h6,9,12,14-15,17H,3-5,7-8,10-11,13H2,1-2H3/t14-,15?,17?/m1/s1. The van der Waals surface area contributed by atoms with Crippen molar-refractivity contribution in [2.75, 3.05) is 6.61 Å². The van der Waals surface area contributed by atoms with E-state index in [2.05, 4.69) is 4.98 Å². The molecule has 1 saturated carbocycles. The number of carbonyl (C=O) groups excluding carboxylic acids is 2. The van der Waals surface area contributed by atoms with Crippen molar-refractivity contribution >= 4 is 35.1 Å². The van der Waals surface area contributed by atoms with Gasteiger partial charge in [0.15, 0.2) is 0 Å². The van der Waals surface area contributed by atoms with E-state index in [1.165, 1.54) is 15.5 Å². The van der Waals surface area contributed by atoms with E-state index in [1.807, 2.05) is 0 Å². The van der Waals surface area contributed by atoms with Gasteiger partial charge in [-0.2, -0.15) is 13.2 Å². The maximum Gasteiger partial charge on any atom is 0.417 e. The van der Waals surface area contributed by atoms with Crippen molar-refractivity contribution < 1.29 is 27.5 Å². The highest BCUT2D eigenvalue weighted by molar-refractivity contribution is 6.31. The minimum atomic E-state index is -4.70. The van der Waals surface area contributed by atoms with Gasteiger partial charge in [-0.1, -0.05) is 11.6 Å². The van der Waals surface area contributed by atoms with Crippen LogP contribution in [0.3, 0.4) is 0 Å². The lowest BCUT2D eigenvalue weighted by molar-refractivity contribution is -0.144. The summed E-state index contributed by atoms with van der Waals surface area (Å²) < 4.78 is 46.5. The fraction of sp³-hybridized carbons (Fsp3) is 0.538. The lowest BCUT2D eigenvalue weighted by Crippen LogP contribution is -2.46. The molecule has 1 aromatic heterocycles. The number of benzene rings is 1. The summed E-state index contributed by atoms with van der Waals surface area (Å²) in [5, 5.41) is -0.481. The molecule has 0 spiro atoms. The first-order chi connectivity index (χ1) is 17.9. The molecule has 1 aliphatic heterocycles. The van der Waals surface area contributed by atoms with Gasteiger partial charge >= 0.3 is 12.1 Å². The number of carbonyl (C=O) groups is 2. The average Bonchev–Trinajstić information content (AvgIpc) is 2.84. The number of alkyl halides is 3. The fourth-order valence-electron chi connectivity index (χ4n) is 5.34. The third-order valence-corrected chi connectivity index (χ3v) is 7.92. The maximum absolute atomic E-state index is 13.5. The van der Waals surface area contributed by atoms with Crippen LogP contribution in [-0.2, 0) is 28.7 Å². The molecule has 1 amide bonds. The van der Waals surface area contributed by atoms with Crippen LogP contribution in [-0.4, -0.2) is 39.0 Å². The molecular formula is C26H28Cl2F3N3O4. The monoisotopic (exact) mass is 573 g/mol. The lowest BCUT2D eigenvalue weighted by Gasteiger charge is -2.35. The average molecular weight is 574 g/mol. The number of hydrogen-bond donors (Lipinski definition) is 0. The summed E-state index contributed by atoms with van der Waals surface area (Å²) in [6, 6.07) is 2.43. The number of amides is 1. The van der Waals surface area contributed by atoms with Gasteiger partial charge in [0.2, 0.25) is 5.28 Å². The third-order valence-electron chi connectivity index (χ3n) is 7.32. The van der Waals surface area contributed by atoms with Crippen LogP contribution in [0, 0.1) is 5.92 Å². The van der Waals surface area contributed by atoms with E-state index >= 15 is 0 Å². The molecule has 1 fully saturated rings. The van der Waals surface area contributed by atoms with E-state index in [0.717, 1.165) is 25.0 Å². The SMILES string of the molecule is CCOC(=O)CC1CCC(n2c(Cl)nc3c(c2=O)C[C@@H](C)N(C(=O)c2ccc(Cl)c(C(F)(F)F)c2)C3)CC1. The Kier molecular flexibility index (Phi) is 8.42. The van der Waals surface area contributed by atoms with Crippen molar-refractivity contribution in [2.45, 2.75) is 77.2 Å². The molecule has 2 aromatic rings. The van der Waals surface area contributed by atoms with Gasteiger partial charge in [-0.3, -0.25) is 19.0 Å². The molecule has 0 N–H and O–H groups in total. The van der Waals surface area contributed by atoms with Crippen LogP contribution in [0.15, 0.2) is 23.0 Å². The van der Waals surface area contributed by atoms with Crippen LogP contribution in [0.1, 0.15) is 79.2 Å². The van der Waals surface area contributed by atoms with Crippen LogP contribution in [0.25, 0.3) is 0 Å². The van der Waals surface area contributed by atoms with Crippen molar-refractivity contribution in [3.05, 3.63) is 61.2 Å². The van der Waals surface area contributed by atoms with Gasteiger partial charge in [-0.05, 0) is 81.7 Å². The Balaban J connectivity index is 1.53. The summed E-state index contributed by atoms with van der Waals surface area (Å²) in [6.07, 6.45) is -1.31. The van der Waals surface area contributed by atoms with E-state index in [9.17, 15) is 27.6 Å². The molecule has 0 radical (unpaired) electrons. The summed E-state index contributed by atoms with van der Waals surface area (Å²) in [7, 11) is 0. The lowest BCUT2D eigenvalue weighted by atomic mass is 9.84. The van der Waals surface area contributed by atoms with Gasteiger partial charge in [0.25, 0.3) is 11.5 Å². The number of rotatable bonds is 5. The van der Waals surface area contributed by atoms with E-state index in [4.69, 9.17) is 27.9 Å². The molecule has 0 bridgehead atoms. The summed E-state index contributed by atoms with van der Waals surface area (Å²) in [6.45, 7) is 3.79. The molecule has 1 atom stereocenters. The minimum absolute atomic E-state index is 0.00963. The molecule has 4 rings (SSSR count). The molecule has 2 aliphatic rings. The number of ether oxygens (including phenoxy) is 1. The van der Waals surface area contributed by atoms with Crippen molar-refractivity contribution in [3.8, 4) is 0 Å². The van der Waals surface area contributed by atoms with Crippen LogP contribution in [0.2, 0.25) is 10.3 Å². The van der Waals surface area contributed by atoms with Gasteiger partial charge < -0.3 is 9.64 Å². The maximum atomic E-state index is 13.5. The summed E-state index contributed by atoms with van der Waals surface area (Å²) in [5.74, 6) is -0.647. The second-order valence-corrected chi connectivity index (χ2v) is 10.6. The molecule has 0 saturated heterocycles. The van der Waals surface area contributed by atoms with Crippen LogP contribution < -0.4 is 5.56 Å². The largest absolute Gasteiger partial charge is 0.466 e. The Hall–Kier alpha value is -2.59. The van der Waals surface area contributed by atoms with Crippen molar-refractivity contribution in [2.24, 2.45) is 5.92 Å². The highest BCUT2D eigenvalue weighted by atomic mass is 35.5. The molecule has 0 unspecified atom stereocenters. The first kappa shape index (κ1) is 28.4. The topological polar surface area (TPSA) is 81.5 Å². The van der Waals surface area contributed by atoms with Crippen molar-refractivity contribution in [1.29, 1.82) is 0 Å². The number of aromatic nitrogens is 2. The molecule has 12 heteroatoms. The fourth-order valence-corrected chi connectivity index (χ4v) is 5.88. The molecule has 7 nitrogen and oxygen atoms in total. The first-order valence-electron chi connectivity index (χ1n) is 12.5. The Bertz CT molecular complexity index is 1290. The predicted molar refractivity (Wildman–Crippen MR) is 135 cm³/mol. The number of nitrogens with zero attached hydrogens (tertiary/aromatic N) is 3. The van der Waals surface area contributed by atoms with Gasteiger partial charge in [-0.15, -0.1) is 0 Å². The number of hydrogen-bond acceptors (Lipinski definition) is 5. The molecule has 1 aromatic carbocycles. The second kappa shape index (κ2) is 11.3. The number of halogens is 5. The summed E-state index contributed by atoms with van der Waals surface area (Å²) in [4.78, 5) is 44.3.